The number of hydrogen-bond acceptors (Lipinski definition) is 2. The average Bonchev–Trinajstić information content (AvgIpc) is 3.04. The number of hydrogen-bond donors (Lipinski definition) is 2. The van der Waals surface area contributed by atoms with Crippen LogP contribution in [0.4, 0.5) is 0 Å². The molecule has 4 atom stereocenters. The minimum absolute atomic E-state index is 0.712. The topological polar surface area (TPSA) is 24.1 Å². The molecule has 0 bridgehead atoms. The van der Waals surface area contributed by atoms with Gasteiger partial charge in [-0.15, -0.1) is 0 Å². The van der Waals surface area contributed by atoms with Gasteiger partial charge in [-0.2, -0.15) is 0 Å². The van der Waals surface area contributed by atoms with Crippen LogP contribution >= 0.6 is 0 Å². The fourth-order valence-electron chi connectivity index (χ4n) is 4.08. The summed E-state index contributed by atoms with van der Waals surface area (Å²) in [6.45, 7) is 5.93. The van der Waals surface area contributed by atoms with Gasteiger partial charge in [-0.1, -0.05) is 39.0 Å². The van der Waals surface area contributed by atoms with Crippen LogP contribution in [0.1, 0.15) is 78.1 Å². The molecule has 4 unspecified atom stereocenters. The van der Waals surface area contributed by atoms with Gasteiger partial charge in [0.2, 0.25) is 0 Å². The third kappa shape index (κ3) is 4.75. The highest BCUT2D eigenvalue weighted by Crippen LogP contribution is 2.32. The van der Waals surface area contributed by atoms with Crippen LogP contribution in [0.5, 0.6) is 0 Å². The first-order chi connectivity index (χ1) is 9.31. The van der Waals surface area contributed by atoms with Gasteiger partial charge in [0.15, 0.2) is 0 Å². The molecule has 2 nitrogen and oxygen atoms in total. The van der Waals surface area contributed by atoms with E-state index < -0.39 is 0 Å². The monoisotopic (exact) mass is 266 g/mol. The Morgan fingerprint density at radius 2 is 2.00 bits per heavy atom. The maximum absolute atomic E-state index is 3.94. The Morgan fingerprint density at radius 3 is 2.74 bits per heavy atom. The van der Waals surface area contributed by atoms with Gasteiger partial charge in [0.05, 0.1) is 0 Å². The van der Waals surface area contributed by atoms with Crippen molar-refractivity contribution in [2.24, 2.45) is 5.92 Å². The molecule has 19 heavy (non-hydrogen) atoms. The van der Waals surface area contributed by atoms with E-state index in [1.54, 1.807) is 0 Å². The quantitative estimate of drug-likeness (QED) is 0.652. The Labute approximate surface area is 120 Å². The maximum atomic E-state index is 3.94. The van der Waals surface area contributed by atoms with Gasteiger partial charge >= 0.3 is 0 Å². The lowest BCUT2D eigenvalue weighted by molar-refractivity contribution is 0.295. The molecule has 1 aliphatic heterocycles. The molecule has 2 heteroatoms. The normalized spacial score (nSPS) is 32.8. The molecule has 1 aliphatic carbocycles. The molecule has 0 aromatic rings. The molecule has 0 aromatic carbocycles. The average molecular weight is 266 g/mol. The van der Waals surface area contributed by atoms with E-state index in [-0.39, 0.29) is 0 Å². The first-order valence-electron chi connectivity index (χ1n) is 8.80. The summed E-state index contributed by atoms with van der Waals surface area (Å²) in [4.78, 5) is 0. The summed E-state index contributed by atoms with van der Waals surface area (Å²) in [5.74, 6) is 0.903. The summed E-state index contributed by atoms with van der Waals surface area (Å²) in [6.07, 6.45) is 14.0. The fraction of sp³-hybridized carbons (Fsp3) is 1.00. The van der Waals surface area contributed by atoms with Gasteiger partial charge in [-0.25, -0.2) is 0 Å². The van der Waals surface area contributed by atoms with Crippen molar-refractivity contribution >= 4 is 0 Å². The molecule has 112 valence electrons. The maximum Gasteiger partial charge on any atom is 0.0113 e. The van der Waals surface area contributed by atoms with E-state index in [1.165, 1.54) is 70.8 Å². The van der Waals surface area contributed by atoms with Crippen LogP contribution in [-0.2, 0) is 0 Å². The SMILES string of the molecule is CCCCCCC(C)NC1CCCC1C1CCCN1. The molecular formula is C17H34N2. The molecule has 2 rings (SSSR count). The van der Waals surface area contributed by atoms with Gasteiger partial charge < -0.3 is 10.6 Å². The van der Waals surface area contributed by atoms with E-state index in [9.17, 15) is 0 Å². The van der Waals surface area contributed by atoms with Crippen molar-refractivity contribution in [3.63, 3.8) is 0 Å². The van der Waals surface area contributed by atoms with Crippen molar-refractivity contribution in [2.75, 3.05) is 6.54 Å². The first kappa shape index (κ1) is 15.3. The standard InChI is InChI=1S/C17H34N2/c1-3-4-5-6-9-14(2)19-17-11-7-10-15(17)16-12-8-13-18-16/h14-19H,3-13H2,1-2H3. The molecule has 0 aromatic heterocycles. The Kier molecular flexibility index (Phi) is 6.66. The number of nitrogens with one attached hydrogen (secondary N) is 2. The van der Waals surface area contributed by atoms with E-state index in [1.807, 2.05) is 0 Å². The molecule has 1 heterocycles. The molecule has 1 saturated heterocycles. The third-order valence-electron chi connectivity index (χ3n) is 5.17. The van der Waals surface area contributed by atoms with Crippen LogP contribution < -0.4 is 10.6 Å². The lowest BCUT2D eigenvalue weighted by Crippen LogP contribution is -2.45. The smallest absolute Gasteiger partial charge is 0.0113 e. The van der Waals surface area contributed by atoms with Crippen molar-refractivity contribution in [3.05, 3.63) is 0 Å². The molecular weight excluding hydrogens is 232 g/mol. The van der Waals surface area contributed by atoms with Gasteiger partial charge in [0.25, 0.3) is 0 Å². The molecule has 0 radical (unpaired) electrons. The highest BCUT2D eigenvalue weighted by molar-refractivity contribution is 4.93. The molecule has 2 N–H and O–H groups in total. The van der Waals surface area contributed by atoms with Crippen LogP contribution in [0, 0.1) is 5.92 Å². The first-order valence-corrected chi connectivity index (χ1v) is 8.80. The summed E-state index contributed by atoms with van der Waals surface area (Å²) < 4.78 is 0. The number of unbranched alkanes of at least 4 members (excludes halogenated alkanes) is 3. The highest BCUT2D eigenvalue weighted by Gasteiger charge is 2.35. The second-order valence-electron chi connectivity index (χ2n) is 6.82. The second-order valence-corrected chi connectivity index (χ2v) is 6.82. The summed E-state index contributed by atoms with van der Waals surface area (Å²) in [7, 11) is 0. The number of rotatable bonds is 8. The van der Waals surface area contributed by atoms with Crippen LogP contribution in [0.3, 0.4) is 0 Å². The Bertz CT molecular complexity index is 235. The predicted molar refractivity (Wildman–Crippen MR) is 83.5 cm³/mol. The van der Waals surface area contributed by atoms with Crippen molar-refractivity contribution in [3.8, 4) is 0 Å². The van der Waals surface area contributed by atoms with Gasteiger partial charge in [0, 0.05) is 18.1 Å². The van der Waals surface area contributed by atoms with Crippen LogP contribution in [0.15, 0.2) is 0 Å². The van der Waals surface area contributed by atoms with E-state index >= 15 is 0 Å². The highest BCUT2D eigenvalue weighted by atomic mass is 15.0. The van der Waals surface area contributed by atoms with Crippen LogP contribution in [0.25, 0.3) is 0 Å². The van der Waals surface area contributed by atoms with Crippen LogP contribution in [-0.4, -0.2) is 24.7 Å². The molecule has 2 fully saturated rings. The lowest BCUT2D eigenvalue weighted by atomic mass is 9.92. The van der Waals surface area contributed by atoms with Crippen molar-refractivity contribution in [1.82, 2.24) is 10.6 Å². The van der Waals surface area contributed by atoms with Crippen molar-refractivity contribution in [1.29, 1.82) is 0 Å². The Hall–Kier alpha value is -0.0800. The Morgan fingerprint density at radius 1 is 1.11 bits per heavy atom. The molecule has 2 aliphatic rings. The lowest BCUT2D eigenvalue weighted by Gasteiger charge is -2.29. The van der Waals surface area contributed by atoms with E-state index in [0.29, 0.717) is 6.04 Å². The van der Waals surface area contributed by atoms with Gasteiger partial charge in [-0.3, -0.25) is 0 Å². The molecule has 0 amide bonds. The predicted octanol–water partition coefficient (Wildman–Crippen LogP) is 3.86. The minimum atomic E-state index is 0.712. The molecule has 1 saturated carbocycles. The minimum Gasteiger partial charge on any atom is -0.314 e. The van der Waals surface area contributed by atoms with Crippen molar-refractivity contribution in [2.45, 2.75) is 96.2 Å². The van der Waals surface area contributed by atoms with Gasteiger partial charge in [-0.05, 0) is 51.5 Å². The summed E-state index contributed by atoms with van der Waals surface area (Å²) in [6, 6.07) is 2.31. The summed E-state index contributed by atoms with van der Waals surface area (Å²) in [5.41, 5.74) is 0. The summed E-state index contributed by atoms with van der Waals surface area (Å²) >= 11 is 0. The molecule has 0 spiro atoms. The fourth-order valence-corrected chi connectivity index (χ4v) is 4.08. The van der Waals surface area contributed by atoms with E-state index in [0.717, 1.165) is 18.0 Å². The van der Waals surface area contributed by atoms with E-state index in [2.05, 4.69) is 24.5 Å². The van der Waals surface area contributed by atoms with Crippen molar-refractivity contribution < 1.29 is 0 Å². The summed E-state index contributed by atoms with van der Waals surface area (Å²) in [5, 5.41) is 7.66. The zero-order chi connectivity index (χ0) is 13.5. The Balaban J connectivity index is 1.68. The largest absolute Gasteiger partial charge is 0.314 e. The third-order valence-corrected chi connectivity index (χ3v) is 5.17. The van der Waals surface area contributed by atoms with Gasteiger partial charge in [0.1, 0.15) is 0 Å². The van der Waals surface area contributed by atoms with E-state index in [4.69, 9.17) is 0 Å². The zero-order valence-corrected chi connectivity index (χ0v) is 13.1. The van der Waals surface area contributed by atoms with Crippen LogP contribution in [0.2, 0.25) is 0 Å². The zero-order valence-electron chi connectivity index (χ0n) is 13.1. The second kappa shape index (κ2) is 8.26.